The van der Waals surface area contributed by atoms with Crippen molar-refractivity contribution in [3.63, 3.8) is 0 Å². The molecule has 1 aromatic heterocycles. The smallest absolute Gasteiger partial charge is 0.343 e. The van der Waals surface area contributed by atoms with Crippen LogP contribution in [0.1, 0.15) is 11.4 Å². The van der Waals surface area contributed by atoms with Crippen LogP contribution in [0, 0.1) is 0 Å². The van der Waals surface area contributed by atoms with Crippen LogP contribution in [0.3, 0.4) is 0 Å². The van der Waals surface area contributed by atoms with E-state index in [4.69, 9.17) is 4.74 Å². The Bertz CT molecular complexity index is 854. The average molecular weight is 389 g/mol. The average Bonchev–Trinajstić information content (AvgIpc) is 2.95. The zero-order chi connectivity index (χ0) is 16.9. The summed E-state index contributed by atoms with van der Waals surface area (Å²) in [6.45, 7) is 0.875. The van der Waals surface area contributed by atoms with Gasteiger partial charge in [-0.15, -0.1) is 0 Å². The summed E-state index contributed by atoms with van der Waals surface area (Å²) in [6, 6.07) is 15.4. The number of halogens is 1. The van der Waals surface area contributed by atoms with Crippen molar-refractivity contribution in [1.29, 1.82) is 0 Å². The molecule has 0 amide bonds. The highest BCUT2D eigenvalue weighted by Crippen LogP contribution is 2.15. The van der Waals surface area contributed by atoms with Crippen LogP contribution in [0.5, 0.6) is 5.75 Å². The Morgan fingerprint density at radius 3 is 2.54 bits per heavy atom. The Labute approximate surface area is 147 Å². The molecule has 1 heterocycles. The van der Waals surface area contributed by atoms with E-state index in [1.165, 1.54) is 4.68 Å². The maximum Gasteiger partial charge on any atom is 0.343 e. The van der Waals surface area contributed by atoms with Crippen LogP contribution in [0.4, 0.5) is 5.69 Å². The molecule has 2 N–H and O–H groups in total. The lowest BCUT2D eigenvalue weighted by molar-refractivity contribution is 0.415. The summed E-state index contributed by atoms with van der Waals surface area (Å²) < 4.78 is 7.55. The van der Waals surface area contributed by atoms with Gasteiger partial charge in [0.15, 0.2) is 0 Å². The fraction of sp³-hybridized carbons (Fsp3) is 0.176. The van der Waals surface area contributed by atoms with Crippen molar-refractivity contribution in [1.82, 2.24) is 14.8 Å². The lowest BCUT2D eigenvalue weighted by Gasteiger charge is -2.05. The van der Waals surface area contributed by atoms with Crippen molar-refractivity contribution in [2.45, 2.75) is 13.1 Å². The molecule has 0 aliphatic rings. The van der Waals surface area contributed by atoms with E-state index in [0.29, 0.717) is 18.9 Å². The Kier molecular flexibility index (Phi) is 5.00. The Balaban J connectivity index is 1.64. The van der Waals surface area contributed by atoms with Crippen molar-refractivity contribution in [2.75, 3.05) is 12.4 Å². The SMILES string of the molecule is COc1ccc(NCc2nn(Cc3ccc(Br)cc3)c(=O)[nH]2)cc1. The molecule has 3 aromatic rings. The van der Waals surface area contributed by atoms with E-state index < -0.39 is 0 Å². The molecule has 3 rings (SSSR count). The minimum absolute atomic E-state index is 0.218. The second-order valence-electron chi connectivity index (χ2n) is 5.24. The molecule has 0 bridgehead atoms. The number of methoxy groups -OCH3 is 1. The number of benzene rings is 2. The quantitative estimate of drug-likeness (QED) is 0.680. The normalized spacial score (nSPS) is 10.6. The molecule has 0 unspecified atom stereocenters. The number of ether oxygens (including phenoxy) is 1. The van der Waals surface area contributed by atoms with Gasteiger partial charge in [0.1, 0.15) is 11.6 Å². The number of aromatic nitrogens is 3. The number of aromatic amines is 1. The first kappa shape index (κ1) is 16.3. The summed E-state index contributed by atoms with van der Waals surface area (Å²) in [5, 5.41) is 7.54. The standard InChI is InChI=1S/C17H17BrN4O2/c1-24-15-8-6-14(7-9-15)19-10-16-20-17(23)22(21-16)11-12-2-4-13(18)5-3-12/h2-9,19H,10-11H2,1H3,(H,20,21,23). The molecular formula is C17H17BrN4O2. The minimum Gasteiger partial charge on any atom is -0.497 e. The second kappa shape index (κ2) is 7.35. The summed E-state index contributed by atoms with van der Waals surface area (Å²) in [4.78, 5) is 14.8. The number of nitrogens with zero attached hydrogens (tertiary/aromatic N) is 2. The Morgan fingerprint density at radius 2 is 1.88 bits per heavy atom. The maximum atomic E-state index is 12.0. The van der Waals surface area contributed by atoms with Gasteiger partial charge >= 0.3 is 5.69 Å². The molecule has 7 heteroatoms. The highest BCUT2D eigenvalue weighted by atomic mass is 79.9. The van der Waals surface area contributed by atoms with Crippen molar-refractivity contribution in [2.24, 2.45) is 0 Å². The number of anilines is 1. The van der Waals surface area contributed by atoms with Crippen LogP contribution >= 0.6 is 15.9 Å². The molecular weight excluding hydrogens is 372 g/mol. The summed E-state index contributed by atoms with van der Waals surface area (Å²) in [6.07, 6.45) is 0. The van der Waals surface area contributed by atoms with E-state index in [1.54, 1.807) is 7.11 Å². The van der Waals surface area contributed by atoms with Crippen LogP contribution in [-0.2, 0) is 13.1 Å². The van der Waals surface area contributed by atoms with Crippen LogP contribution in [0.25, 0.3) is 0 Å². The summed E-state index contributed by atoms with van der Waals surface area (Å²) in [7, 11) is 1.63. The first-order valence-electron chi connectivity index (χ1n) is 7.42. The van der Waals surface area contributed by atoms with Crippen LogP contribution in [0.15, 0.2) is 57.8 Å². The summed E-state index contributed by atoms with van der Waals surface area (Å²) in [5.74, 6) is 1.39. The van der Waals surface area contributed by atoms with E-state index in [0.717, 1.165) is 21.5 Å². The zero-order valence-electron chi connectivity index (χ0n) is 13.1. The van der Waals surface area contributed by atoms with E-state index in [9.17, 15) is 4.79 Å². The largest absolute Gasteiger partial charge is 0.497 e. The predicted molar refractivity (Wildman–Crippen MR) is 96.4 cm³/mol. The molecule has 0 radical (unpaired) electrons. The molecule has 2 aromatic carbocycles. The highest BCUT2D eigenvalue weighted by molar-refractivity contribution is 9.10. The van der Waals surface area contributed by atoms with Crippen molar-refractivity contribution < 1.29 is 4.74 Å². The predicted octanol–water partition coefficient (Wildman–Crippen LogP) is 3.00. The van der Waals surface area contributed by atoms with E-state index >= 15 is 0 Å². The summed E-state index contributed by atoms with van der Waals surface area (Å²) >= 11 is 3.39. The maximum absolute atomic E-state index is 12.0. The molecule has 0 aliphatic heterocycles. The number of hydrogen-bond donors (Lipinski definition) is 2. The fourth-order valence-electron chi connectivity index (χ4n) is 2.25. The van der Waals surface area contributed by atoms with Crippen LogP contribution < -0.4 is 15.7 Å². The molecule has 0 spiro atoms. The third kappa shape index (κ3) is 4.05. The lowest BCUT2D eigenvalue weighted by Crippen LogP contribution is -2.18. The first-order valence-corrected chi connectivity index (χ1v) is 8.22. The number of H-pyrrole nitrogens is 1. The lowest BCUT2D eigenvalue weighted by atomic mass is 10.2. The number of nitrogens with one attached hydrogen (secondary N) is 2. The van der Waals surface area contributed by atoms with Crippen molar-refractivity contribution >= 4 is 21.6 Å². The number of hydrogen-bond acceptors (Lipinski definition) is 4. The summed E-state index contributed by atoms with van der Waals surface area (Å²) in [5.41, 5.74) is 1.73. The van der Waals surface area contributed by atoms with E-state index in [1.807, 2.05) is 48.5 Å². The third-order valence-electron chi connectivity index (χ3n) is 3.52. The highest BCUT2D eigenvalue weighted by Gasteiger charge is 2.06. The molecule has 24 heavy (non-hydrogen) atoms. The monoisotopic (exact) mass is 388 g/mol. The van der Waals surface area contributed by atoms with Gasteiger partial charge in [-0.25, -0.2) is 9.48 Å². The van der Waals surface area contributed by atoms with Crippen LogP contribution in [-0.4, -0.2) is 21.9 Å². The molecule has 0 atom stereocenters. The fourth-order valence-corrected chi connectivity index (χ4v) is 2.51. The Morgan fingerprint density at radius 1 is 1.17 bits per heavy atom. The van der Waals surface area contributed by atoms with Gasteiger partial charge in [0.05, 0.1) is 20.2 Å². The van der Waals surface area contributed by atoms with Gasteiger partial charge < -0.3 is 10.1 Å². The Hall–Kier alpha value is -2.54. The molecule has 6 nitrogen and oxygen atoms in total. The van der Waals surface area contributed by atoms with Gasteiger partial charge in [0.2, 0.25) is 0 Å². The van der Waals surface area contributed by atoms with Crippen LogP contribution in [0.2, 0.25) is 0 Å². The third-order valence-corrected chi connectivity index (χ3v) is 4.05. The van der Waals surface area contributed by atoms with Gasteiger partial charge in [-0.05, 0) is 42.0 Å². The first-order chi connectivity index (χ1) is 11.6. The molecule has 0 saturated heterocycles. The van der Waals surface area contributed by atoms with Gasteiger partial charge in [-0.3, -0.25) is 4.98 Å². The van der Waals surface area contributed by atoms with Crippen molar-refractivity contribution in [3.05, 3.63) is 74.9 Å². The van der Waals surface area contributed by atoms with Gasteiger partial charge in [0.25, 0.3) is 0 Å². The molecule has 0 fully saturated rings. The number of rotatable bonds is 6. The molecule has 0 saturated carbocycles. The van der Waals surface area contributed by atoms with Gasteiger partial charge in [-0.1, -0.05) is 28.1 Å². The topological polar surface area (TPSA) is 71.9 Å². The van der Waals surface area contributed by atoms with Crippen molar-refractivity contribution in [3.8, 4) is 5.75 Å². The molecule has 0 aliphatic carbocycles. The van der Waals surface area contributed by atoms with E-state index in [-0.39, 0.29) is 5.69 Å². The molecule has 124 valence electrons. The second-order valence-corrected chi connectivity index (χ2v) is 6.16. The van der Waals surface area contributed by atoms with Gasteiger partial charge in [0, 0.05) is 10.2 Å². The van der Waals surface area contributed by atoms with Gasteiger partial charge in [-0.2, -0.15) is 5.10 Å². The minimum atomic E-state index is -0.218. The zero-order valence-corrected chi connectivity index (χ0v) is 14.7. The van der Waals surface area contributed by atoms with E-state index in [2.05, 4.69) is 31.3 Å².